The fourth-order valence-electron chi connectivity index (χ4n) is 3.15. The van der Waals surface area contributed by atoms with Gasteiger partial charge in [0.2, 0.25) is 11.2 Å². The number of halogens is 1. The van der Waals surface area contributed by atoms with E-state index in [4.69, 9.17) is 13.9 Å². The van der Waals surface area contributed by atoms with E-state index in [9.17, 15) is 9.59 Å². The lowest BCUT2D eigenvalue weighted by Gasteiger charge is -2.13. The van der Waals surface area contributed by atoms with E-state index in [1.807, 2.05) is 24.3 Å². The summed E-state index contributed by atoms with van der Waals surface area (Å²) in [6, 6.07) is 19.0. The van der Waals surface area contributed by atoms with E-state index in [1.165, 1.54) is 12.3 Å². The topological polar surface area (TPSA) is 65.7 Å². The van der Waals surface area contributed by atoms with Crippen LogP contribution in [0.25, 0.3) is 11.0 Å². The quantitative estimate of drug-likeness (QED) is 0.236. The molecule has 156 valence electrons. The van der Waals surface area contributed by atoms with Crippen LogP contribution < -0.4 is 14.9 Å². The summed E-state index contributed by atoms with van der Waals surface area (Å²) in [6.07, 6.45) is 1.28. The van der Waals surface area contributed by atoms with Crippen LogP contribution in [0.3, 0.4) is 0 Å². The summed E-state index contributed by atoms with van der Waals surface area (Å²) < 4.78 is 17.8. The molecule has 1 aromatic heterocycles. The molecule has 0 atom stereocenters. The third-order valence-corrected chi connectivity index (χ3v) is 5.29. The average Bonchev–Trinajstić information content (AvgIpc) is 2.76. The number of fused-ring (bicyclic) bond motifs is 1. The zero-order valence-electron chi connectivity index (χ0n) is 16.9. The van der Waals surface area contributed by atoms with Crippen LogP contribution in [-0.2, 0) is 0 Å². The second kappa shape index (κ2) is 8.78. The number of hydrogen-bond acceptors (Lipinski definition) is 5. The number of ether oxygens (including phenoxy) is 2. The van der Waals surface area contributed by atoms with Gasteiger partial charge >= 0.3 is 5.97 Å². The third-order valence-electron chi connectivity index (χ3n) is 4.77. The summed E-state index contributed by atoms with van der Waals surface area (Å²) in [7, 11) is 0. The summed E-state index contributed by atoms with van der Waals surface area (Å²) in [5, 5.41) is 0.336. The summed E-state index contributed by atoms with van der Waals surface area (Å²) in [4.78, 5) is 25.2. The highest BCUT2D eigenvalue weighted by atomic mass is 79.9. The molecule has 0 spiro atoms. The summed E-state index contributed by atoms with van der Waals surface area (Å²) in [5.74, 6) is 0.734. The molecule has 4 rings (SSSR count). The van der Waals surface area contributed by atoms with Gasteiger partial charge in [-0.2, -0.15) is 0 Å². The van der Waals surface area contributed by atoms with Gasteiger partial charge in [-0.1, -0.05) is 48.0 Å². The minimum absolute atomic E-state index is 0.0974. The maximum absolute atomic E-state index is 12.9. The first-order valence-electron chi connectivity index (χ1n) is 9.72. The molecule has 0 aliphatic carbocycles. The minimum atomic E-state index is -0.501. The molecule has 0 saturated heterocycles. The zero-order chi connectivity index (χ0) is 22.0. The van der Waals surface area contributed by atoms with Gasteiger partial charge in [0.1, 0.15) is 23.3 Å². The zero-order valence-corrected chi connectivity index (χ0v) is 18.5. The second-order valence-corrected chi connectivity index (χ2v) is 8.19. The average molecular weight is 479 g/mol. The lowest BCUT2D eigenvalue weighted by Crippen LogP contribution is -2.09. The minimum Gasteiger partial charge on any atom is -0.460 e. The monoisotopic (exact) mass is 478 g/mol. The van der Waals surface area contributed by atoms with Crippen LogP contribution in [-0.4, -0.2) is 5.97 Å². The van der Waals surface area contributed by atoms with Crippen molar-refractivity contribution in [3.63, 3.8) is 0 Å². The predicted molar refractivity (Wildman–Crippen MR) is 122 cm³/mol. The Hall–Kier alpha value is -3.38. The largest absolute Gasteiger partial charge is 0.460 e. The first-order chi connectivity index (χ1) is 14.9. The van der Waals surface area contributed by atoms with E-state index in [-0.39, 0.29) is 22.8 Å². The van der Waals surface area contributed by atoms with Crippen molar-refractivity contribution in [2.75, 3.05) is 0 Å². The molecule has 3 aromatic carbocycles. The van der Waals surface area contributed by atoms with Crippen molar-refractivity contribution in [1.82, 2.24) is 0 Å². The van der Waals surface area contributed by atoms with Crippen molar-refractivity contribution >= 4 is 32.9 Å². The van der Waals surface area contributed by atoms with Crippen molar-refractivity contribution in [2.24, 2.45) is 0 Å². The standard InChI is InChI=1S/C25H19BrO5/c1-15(2)19-5-3-4-6-21(19)31-23-14-29-22-13-18(11-12-20(22)24(23)27)30-25(28)16-7-9-17(26)10-8-16/h3-15H,1-2H3. The van der Waals surface area contributed by atoms with Gasteiger partial charge in [0, 0.05) is 10.5 Å². The molecule has 1 heterocycles. The highest BCUT2D eigenvalue weighted by Gasteiger charge is 2.15. The van der Waals surface area contributed by atoms with Gasteiger partial charge in [0.05, 0.1) is 10.9 Å². The number of hydrogen-bond donors (Lipinski definition) is 0. The van der Waals surface area contributed by atoms with Gasteiger partial charge in [-0.3, -0.25) is 4.79 Å². The van der Waals surface area contributed by atoms with Crippen LogP contribution in [0, 0.1) is 0 Å². The van der Waals surface area contributed by atoms with E-state index >= 15 is 0 Å². The molecule has 0 fully saturated rings. The SMILES string of the molecule is CC(C)c1ccccc1Oc1coc2cc(OC(=O)c3ccc(Br)cc3)ccc2c1=O. The summed E-state index contributed by atoms with van der Waals surface area (Å²) in [6.45, 7) is 4.12. The fourth-order valence-corrected chi connectivity index (χ4v) is 3.41. The Labute approximate surface area is 187 Å². The van der Waals surface area contributed by atoms with Crippen LogP contribution in [0.15, 0.2) is 86.7 Å². The number of carbonyl (C=O) groups excluding carboxylic acids is 1. The van der Waals surface area contributed by atoms with Gasteiger partial charge in [-0.15, -0.1) is 0 Å². The Balaban J connectivity index is 1.60. The molecule has 4 aromatic rings. The van der Waals surface area contributed by atoms with Crippen LogP contribution in [0.5, 0.6) is 17.2 Å². The highest BCUT2D eigenvalue weighted by Crippen LogP contribution is 2.30. The maximum Gasteiger partial charge on any atom is 0.343 e. The van der Waals surface area contributed by atoms with Gasteiger partial charge in [0.25, 0.3) is 0 Å². The number of para-hydroxylation sites is 1. The molecule has 31 heavy (non-hydrogen) atoms. The molecular formula is C25H19BrO5. The van der Waals surface area contributed by atoms with E-state index in [0.29, 0.717) is 22.3 Å². The molecule has 6 heteroatoms. The summed E-state index contributed by atoms with van der Waals surface area (Å²) in [5.41, 5.74) is 1.41. The number of carbonyl (C=O) groups is 1. The van der Waals surface area contributed by atoms with Gasteiger partial charge in [-0.05, 0) is 53.9 Å². The number of esters is 1. The third kappa shape index (κ3) is 4.54. The second-order valence-electron chi connectivity index (χ2n) is 7.28. The first kappa shape index (κ1) is 20.9. The van der Waals surface area contributed by atoms with Crippen molar-refractivity contribution in [3.8, 4) is 17.2 Å². The lowest BCUT2D eigenvalue weighted by molar-refractivity contribution is 0.0735. The van der Waals surface area contributed by atoms with Crippen molar-refractivity contribution in [1.29, 1.82) is 0 Å². The van der Waals surface area contributed by atoms with Gasteiger partial charge in [0.15, 0.2) is 0 Å². The predicted octanol–water partition coefficient (Wildman–Crippen LogP) is 6.69. The summed E-state index contributed by atoms with van der Waals surface area (Å²) >= 11 is 3.33. The molecular weight excluding hydrogens is 460 g/mol. The normalized spacial score (nSPS) is 11.0. The van der Waals surface area contributed by atoms with Crippen LogP contribution in [0.4, 0.5) is 0 Å². The van der Waals surface area contributed by atoms with Crippen LogP contribution >= 0.6 is 15.9 Å². The van der Waals surface area contributed by atoms with E-state index in [2.05, 4.69) is 29.8 Å². The fraction of sp³-hybridized carbons (Fsp3) is 0.120. The molecule has 0 saturated carbocycles. The van der Waals surface area contributed by atoms with Crippen molar-refractivity contribution < 1.29 is 18.7 Å². The number of rotatable bonds is 5. The Bertz CT molecular complexity index is 1310. The smallest absolute Gasteiger partial charge is 0.343 e. The van der Waals surface area contributed by atoms with Crippen molar-refractivity contribution in [2.45, 2.75) is 19.8 Å². The molecule has 0 aliphatic rings. The van der Waals surface area contributed by atoms with Crippen molar-refractivity contribution in [3.05, 3.63) is 98.8 Å². The van der Waals surface area contributed by atoms with E-state index in [0.717, 1.165) is 10.0 Å². The Morgan fingerprint density at radius 1 is 0.968 bits per heavy atom. The molecule has 0 amide bonds. The Morgan fingerprint density at radius 3 is 2.45 bits per heavy atom. The highest BCUT2D eigenvalue weighted by molar-refractivity contribution is 9.10. The van der Waals surface area contributed by atoms with Gasteiger partial charge in [-0.25, -0.2) is 4.79 Å². The molecule has 5 nitrogen and oxygen atoms in total. The van der Waals surface area contributed by atoms with E-state index in [1.54, 1.807) is 36.4 Å². The lowest BCUT2D eigenvalue weighted by atomic mass is 10.0. The molecule has 0 radical (unpaired) electrons. The van der Waals surface area contributed by atoms with Crippen LogP contribution in [0.1, 0.15) is 35.7 Å². The maximum atomic E-state index is 12.9. The number of benzene rings is 3. The molecule has 0 aliphatic heterocycles. The Kier molecular flexibility index (Phi) is 5.91. The molecule has 0 N–H and O–H groups in total. The first-order valence-corrected chi connectivity index (χ1v) is 10.5. The van der Waals surface area contributed by atoms with Gasteiger partial charge < -0.3 is 13.9 Å². The van der Waals surface area contributed by atoms with Crippen LogP contribution in [0.2, 0.25) is 0 Å². The molecule has 0 bridgehead atoms. The van der Waals surface area contributed by atoms with E-state index < -0.39 is 5.97 Å². The Morgan fingerprint density at radius 2 is 1.71 bits per heavy atom. The molecule has 0 unspecified atom stereocenters.